The van der Waals surface area contributed by atoms with Crippen LogP contribution < -0.4 is 10.6 Å². The highest BCUT2D eigenvalue weighted by molar-refractivity contribution is 14.1. The van der Waals surface area contributed by atoms with Crippen molar-refractivity contribution in [1.29, 1.82) is 0 Å². The average Bonchev–Trinajstić information content (AvgIpc) is 2.94. The van der Waals surface area contributed by atoms with Gasteiger partial charge in [0.2, 0.25) is 0 Å². The molecule has 3 N–H and O–H groups in total. The van der Waals surface area contributed by atoms with Crippen LogP contribution in [0.5, 0.6) is 5.75 Å². The van der Waals surface area contributed by atoms with E-state index >= 15 is 0 Å². The third-order valence-electron chi connectivity index (χ3n) is 4.66. The van der Waals surface area contributed by atoms with E-state index in [-0.39, 0.29) is 11.7 Å². The number of nitrogens with one attached hydrogen (secondary N) is 2. The smallest absolute Gasteiger partial charge is 0.256 e. The Hall–Kier alpha value is -1.32. The average molecular weight is 455 g/mol. The van der Waals surface area contributed by atoms with Crippen molar-refractivity contribution < 1.29 is 9.90 Å². The molecule has 7 heteroatoms. The first-order chi connectivity index (χ1) is 11.6. The number of rotatable bonds is 2. The summed E-state index contributed by atoms with van der Waals surface area (Å²) >= 11 is 3.88. The van der Waals surface area contributed by atoms with E-state index in [1.54, 1.807) is 17.4 Å². The van der Waals surface area contributed by atoms with Crippen LogP contribution in [0.4, 0.5) is 5.00 Å². The Bertz CT molecular complexity index is 820. The molecule has 1 aromatic heterocycles. The third kappa shape index (κ3) is 2.68. The molecule has 2 aromatic rings. The van der Waals surface area contributed by atoms with Crippen LogP contribution in [0.3, 0.4) is 0 Å². The highest BCUT2D eigenvalue weighted by Gasteiger charge is 2.33. The fourth-order valence-electron chi connectivity index (χ4n) is 3.35. The largest absolute Gasteiger partial charge is 0.508 e. The Morgan fingerprint density at radius 2 is 2.25 bits per heavy atom. The summed E-state index contributed by atoms with van der Waals surface area (Å²) in [6.07, 6.45) is 0.519. The van der Waals surface area contributed by atoms with Gasteiger partial charge in [0.1, 0.15) is 16.9 Å². The summed E-state index contributed by atoms with van der Waals surface area (Å²) in [6.45, 7) is 5.11. The number of carbonyl (C=O) groups is 1. The zero-order valence-corrected chi connectivity index (χ0v) is 16.2. The van der Waals surface area contributed by atoms with Gasteiger partial charge in [-0.25, -0.2) is 0 Å². The Kier molecular flexibility index (Phi) is 4.17. The number of phenolic OH excluding ortho intramolecular Hbond substituents is 1. The summed E-state index contributed by atoms with van der Waals surface area (Å²) < 4.78 is 1.02. The zero-order valence-electron chi connectivity index (χ0n) is 13.2. The van der Waals surface area contributed by atoms with Crippen LogP contribution in [0.15, 0.2) is 18.2 Å². The Balaban J connectivity index is 1.70. The second-order valence-corrected chi connectivity index (χ2v) is 8.43. The maximum atomic E-state index is 12.7. The normalized spacial score (nSPS) is 20.1. The minimum Gasteiger partial charge on any atom is -0.508 e. The number of likely N-dealkylation sites (N-methyl/N-ethyl adjacent to an activating group) is 1. The van der Waals surface area contributed by atoms with Crippen molar-refractivity contribution in [2.75, 3.05) is 18.4 Å². The van der Waals surface area contributed by atoms with Gasteiger partial charge < -0.3 is 15.7 Å². The van der Waals surface area contributed by atoms with Crippen molar-refractivity contribution in [3.05, 3.63) is 43.3 Å². The fraction of sp³-hybridized carbons (Fsp3) is 0.353. The van der Waals surface area contributed by atoms with E-state index in [1.807, 2.05) is 12.1 Å². The summed E-state index contributed by atoms with van der Waals surface area (Å²) in [5.74, 6) is 0.143. The van der Waals surface area contributed by atoms with E-state index in [0.717, 1.165) is 40.2 Å². The minimum atomic E-state index is -0.401. The SMILES string of the molecule is CCN1CCc2c(sc3c2C(=O)N[C@H](c2cc(I)ccc2O)N3)C1. The van der Waals surface area contributed by atoms with Crippen molar-refractivity contribution >= 4 is 44.8 Å². The molecule has 24 heavy (non-hydrogen) atoms. The lowest BCUT2D eigenvalue weighted by molar-refractivity contribution is 0.0934. The number of fused-ring (bicyclic) bond motifs is 3. The van der Waals surface area contributed by atoms with Crippen molar-refractivity contribution in [2.24, 2.45) is 0 Å². The van der Waals surface area contributed by atoms with E-state index in [1.165, 1.54) is 10.4 Å². The molecule has 0 fully saturated rings. The number of hydrogen-bond donors (Lipinski definition) is 3. The van der Waals surface area contributed by atoms with E-state index < -0.39 is 6.17 Å². The van der Waals surface area contributed by atoms with Crippen molar-refractivity contribution in [1.82, 2.24) is 10.2 Å². The van der Waals surface area contributed by atoms with E-state index in [4.69, 9.17) is 0 Å². The highest BCUT2D eigenvalue weighted by Crippen LogP contribution is 2.41. The molecular weight excluding hydrogens is 437 g/mol. The van der Waals surface area contributed by atoms with Crippen LogP contribution in [0.1, 0.15) is 39.5 Å². The molecule has 0 spiro atoms. The van der Waals surface area contributed by atoms with Gasteiger partial charge >= 0.3 is 0 Å². The first-order valence-corrected chi connectivity index (χ1v) is 9.89. The van der Waals surface area contributed by atoms with E-state index in [2.05, 4.69) is 45.0 Å². The molecule has 0 saturated heterocycles. The maximum absolute atomic E-state index is 12.7. The zero-order chi connectivity index (χ0) is 16.8. The van der Waals surface area contributed by atoms with Gasteiger partial charge in [0.05, 0.1) is 5.56 Å². The molecule has 126 valence electrons. The molecule has 0 unspecified atom stereocenters. The van der Waals surface area contributed by atoms with Crippen molar-refractivity contribution in [3.8, 4) is 5.75 Å². The number of nitrogens with zero attached hydrogens (tertiary/aromatic N) is 1. The monoisotopic (exact) mass is 455 g/mol. The molecule has 5 nitrogen and oxygen atoms in total. The molecule has 3 heterocycles. The molecule has 1 atom stereocenters. The number of hydrogen-bond acceptors (Lipinski definition) is 5. The van der Waals surface area contributed by atoms with Gasteiger partial charge in [0.15, 0.2) is 0 Å². The number of halogens is 1. The lowest BCUT2D eigenvalue weighted by Crippen LogP contribution is -2.39. The number of phenols is 1. The van der Waals surface area contributed by atoms with Gasteiger partial charge in [-0.3, -0.25) is 9.69 Å². The van der Waals surface area contributed by atoms with Crippen molar-refractivity contribution in [3.63, 3.8) is 0 Å². The van der Waals surface area contributed by atoms with Crippen LogP contribution in [-0.2, 0) is 13.0 Å². The second-order valence-electron chi connectivity index (χ2n) is 6.08. The predicted molar refractivity (Wildman–Crippen MR) is 104 cm³/mol. The predicted octanol–water partition coefficient (Wildman–Crippen LogP) is 3.29. The standard InChI is InChI=1S/C17H18IN3O2S/c1-2-21-6-5-10-13(8-21)24-17-14(10)16(23)19-15(20-17)11-7-9(18)3-4-12(11)22/h3-4,7,15,20,22H,2,5-6,8H2,1H3,(H,19,23)/t15-/m0/s1. The van der Waals surface area contributed by atoms with Gasteiger partial charge in [0, 0.05) is 27.1 Å². The molecule has 1 amide bonds. The lowest BCUT2D eigenvalue weighted by atomic mass is 10.00. The fourth-order valence-corrected chi connectivity index (χ4v) is 5.18. The lowest BCUT2D eigenvalue weighted by Gasteiger charge is -2.28. The molecule has 2 aliphatic rings. The topological polar surface area (TPSA) is 64.6 Å². The molecule has 0 bridgehead atoms. The summed E-state index contributed by atoms with van der Waals surface area (Å²) in [5.41, 5.74) is 2.68. The molecule has 0 aliphatic carbocycles. The Labute approximate surface area is 158 Å². The first kappa shape index (κ1) is 16.2. The van der Waals surface area contributed by atoms with Crippen molar-refractivity contribution in [2.45, 2.75) is 26.1 Å². The molecular formula is C17H18IN3O2S. The number of amides is 1. The van der Waals surface area contributed by atoms with Gasteiger partial charge in [-0.05, 0) is 59.3 Å². The third-order valence-corrected chi connectivity index (χ3v) is 6.48. The molecule has 2 aliphatic heterocycles. The first-order valence-electron chi connectivity index (χ1n) is 7.99. The second kappa shape index (κ2) is 6.20. The van der Waals surface area contributed by atoms with E-state index in [0.29, 0.717) is 5.56 Å². The number of benzene rings is 1. The molecule has 4 rings (SSSR count). The van der Waals surface area contributed by atoms with Gasteiger partial charge in [-0.1, -0.05) is 6.92 Å². The molecule has 1 aromatic carbocycles. The van der Waals surface area contributed by atoms with Gasteiger partial charge in [-0.15, -0.1) is 11.3 Å². The van der Waals surface area contributed by atoms with Crippen LogP contribution in [0, 0.1) is 3.57 Å². The molecule has 0 radical (unpaired) electrons. The minimum absolute atomic E-state index is 0.0468. The Morgan fingerprint density at radius 1 is 1.42 bits per heavy atom. The van der Waals surface area contributed by atoms with Crippen LogP contribution in [-0.4, -0.2) is 29.0 Å². The number of thiophene rings is 1. The summed E-state index contributed by atoms with van der Waals surface area (Å²) in [6, 6.07) is 5.41. The summed E-state index contributed by atoms with van der Waals surface area (Å²) in [7, 11) is 0. The van der Waals surface area contributed by atoms with Crippen LogP contribution in [0.25, 0.3) is 0 Å². The summed E-state index contributed by atoms with van der Waals surface area (Å²) in [5, 5.41) is 17.5. The quantitative estimate of drug-likeness (QED) is 0.609. The maximum Gasteiger partial charge on any atom is 0.256 e. The summed E-state index contributed by atoms with van der Waals surface area (Å²) in [4.78, 5) is 16.4. The number of carbonyl (C=O) groups excluding carboxylic acids is 1. The van der Waals surface area contributed by atoms with Gasteiger partial charge in [-0.2, -0.15) is 0 Å². The van der Waals surface area contributed by atoms with Crippen LogP contribution >= 0.6 is 33.9 Å². The van der Waals surface area contributed by atoms with Crippen LogP contribution in [0.2, 0.25) is 0 Å². The van der Waals surface area contributed by atoms with Gasteiger partial charge in [0.25, 0.3) is 5.91 Å². The Morgan fingerprint density at radius 3 is 3.04 bits per heavy atom. The molecule has 0 saturated carbocycles. The highest BCUT2D eigenvalue weighted by atomic mass is 127. The number of anilines is 1. The van der Waals surface area contributed by atoms with E-state index in [9.17, 15) is 9.90 Å². The number of aromatic hydroxyl groups is 1.